The minimum atomic E-state index is -0.428. The number of unbranched alkanes of at least 4 members (excludes halogenated alkanes) is 1. The number of amides is 2. The van der Waals surface area contributed by atoms with E-state index in [-0.39, 0.29) is 18.4 Å². The quantitative estimate of drug-likeness (QED) is 0.375. The summed E-state index contributed by atoms with van der Waals surface area (Å²) < 4.78 is 16.2. The second-order valence-corrected chi connectivity index (χ2v) is 8.48. The van der Waals surface area contributed by atoms with E-state index < -0.39 is 5.97 Å². The summed E-state index contributed by atoms with van der Waals surface area (Å²) in [5.74, 6) is -0.199. The number of fused-ring (bicyclic) bond motifs is 1. The Bertz CT molecular complexity index is 1090. The van der Waals surface area contributed by atoms with Gasteiger partial charge in [0.1, 0.15) is 12.4 Å². The summed E-state index contributed by atoms with van der Waals surface area (Å²) in [5, 5.41) is 2.55. The lowest BCUT2D eigenvalue weighted by atomic mass is 10.00. The first-order chi connectivity index (χ1) is 17.4. The summed E-state index contributed by atoms with van der Waals surface area (Å²) in [7, 11) is 1.34. The van der Waals surface area contributed by atoms with Crippen LogP contribution in [-0.2, 0) is 23.9 Å². The molecule has 3 rings (SSSR count). The van der Waals surface area contributed by atoms with Gasteiger partial charge in [0.15, 0.2) is 0 Å². The smallest absolute Gasteiger partial charge is 0.333 e. The third kappa shape index (κ3) is 7.42. The molecule has 0 saturated carbocycles. The molecule has 1 aliphatic rings. The Morgan fingerprint density at radius 2 is 1.75 bits per heavy atom. The number of nitrogens with one attached hydrogen (secondary N) is 1. The third-order valence-electron chi connectivity index (χ3n) is 5.82. The van der Waals surface area contributed by atoms with Crippen LogP contribution in [0.5, 0.6) is 5.75 Å². The van der Waals surface area contributed by atoms with Gasteiger partial charge in [0.05, 0.1) is 25.9 Å². The lowest BCUT2D eigenvalue weighted by Gasteiger charge is -2.23. The van der Waals surface area contributed by atoms with E-state index in [1.807, 2.05) is 42.5 Å². The molecule has 1 N–H and O–H groups in total. The Morgan fingerprint density at radius 1 is 1.00 bits per heavy atom. The predicted molar refractivity (Wildman–Crippen MR) is 139 cm³/mol. The summed E-state index contributed by atoms with van der Waals surface area (Å²) in [6.45, 7) is 5.48. The van der Waals surface area contributed by atoms with Crippen LogP contribution >= 0.6 is 0 Å². The number of methoxy groups -OCH3 is 1. The molecular formula is C28H34N2O6. The van der Waals surface area contributed by atoms with E-state index >= 15 is 0 Å². The molecule has 0 spiro atoms. The summed E-state index contributed by atoms with van der Waals surface area (Å²) in [6.07, 6.45) is 4.27. The number of nitrogens with zero attached hydrogens (tertiary/aromatic N) is 1. The molecule has 192 valence electrons. The molecule has 8 heteroatoms. The summed E-state index contributed by atoms with van der Waals surface area (Å²) in [4.78, 5) is 38.1. The summed E-state index contributed by atoms with van der Waals surface area (Å²) >= 11 is 0. The van der Waals surface area contributed by atoms with E-state index in [9.17, 15) is 14.4 Å². The van der Waals surface area contributed by atoms with Crippen molar-refractivity contribution in [2.45, 2.75) is 33.1 Å². The van der Waals surface area contributed by atoms with Crippen molar-refractivity contribution in [3.63, 3.8) is 0 Å². The van der Waals surface area contributed by atoms with E-state index in [1.165, 1.54) is 14.0 Å². The Hall–Kier alpha value is -3.65. The summed E-state index contributed by atoms with van der Waals surface area (Å²) in [5.41, 5.74) is 3.79. The normalized spacial score (nSPS) is 12.8. The highest BCUT2D eigenvalue weighted by Crippen LogP contribution is 2.33. The second-order valence-electron chi connectivity index (χ2n) is 8.48. The zero-order valence-corrected chi connectivity index (χ0v) is 21.2. The SMILES string of the molecule is CCCCOCCOc1ccc(-c2ccc3c(c2)C=C(C(=O)OC)CCN3C(=O)CNC(C)=O)cc1. The fraction of sp³-hybridized carbons (Fsp3) is 0.393. The molecule has 1 aliphatic heterocycles. The highest BCUT2D eigenvalue weighted by atomic mass is 16.5. The van der Waals surface area contributed by atoms with Crippen molar-refractivity contribution in [2.75, 3.05) is 44.9 Å². The van der Waals surface area contributed by atoms with Gasteiger partial charge in [0, 0.05) is 25.6 Å². The van der Waals surface area contributed by atoms with Gasteiger partial charge < -0.3 is 24.4 Å². The molecule has 0 aliphatic carbocycles. The van der Waals surface area contributed by atoms with Crippen molar-refractivity contribution in [3.05, 3.63) is 53.6 Å². The van der Waals surface area contributed by atoms with Crippen LogP contribution in [0, 0.1) is 0 Å². The largest absolute Gasteiger partial charge is 0.491 e. The molecule has 36 heavy (non-hydrogen) atoms. The van der Waals surface area contributed by atoms with Crippen LogP contribution in [0.25, 0.3) is 17.2 Å². The van der Waals surface area contributed by atoms with Crippen LogP contribution in [0.4, 0.5) is 5.69 Å². The van der Waals surface area contributed by atoms with Crippen molar-refractivity contribution < 1.29 is 28.6 Å². The zero-order valence-electron chi connectivity index (χ0n) is 21.2. The molecule has 2 aromatic rings. The van der Waals surface area contributed by atoms with Crippen molar-refractivity contribution in [3.8, 4) is 16.9 Å². The third-order valence-corrected chi connectivity index (χ3v) is 5.82. The number of hydrogen-bond acceptors (Lipinski definition) is 6. The highest BCUT2D eigenvalue weighted by Gasteiger charge is 2.24. The van der Waals surface area contributed by atoms with Gasteiger partial charge >= 0.3 is 5.97 Å². The van der Waals surface area contributed by atoms with E-state index in [4.69, 9.17) is 14.2 Å². The predicted octanol–water partition coefficient (Wildman–Crippen LogP) is 3.98. The van der Waals surface area contributed by atoms with Crippen LogP contribution in [0.1, 0.15) is 38.7 Å². The van der Waals surface area contributed by atoms with E-state index in [0.29, 0.717) is 37.4 Å². The Balaban J connectivity index is 1.79. The first-order valence-corrected chi connectivity index (χ1v) is 12.2. The first kappa shape index (κ1) is 26.9. The number of benzene rings is 2. The first-order valence-electron chi connectivity index (χ1n) is 12.2. The van der Waals surface area contributed by atoms with E-state index in [0.717, 1.165) is 41.9 Å². The second kappa shape index (κ2) is 13.4. The van der Waals surface area contributed by atoms with Crippen LogP contribution in [0.15, 0.2) is 48.0 Å². The van der Waals surface area contributed by atoms with Crippen molar-refractivity contribution in [1.29, 1.82) is 0 Å². The Labute approximate surface area is 212 Å². The lowest BCUT2D eigenvalue weighted by molar-refractivity contribution is -0.136. The van der Waals surface area contributed by atoms with Gasteiger partial charge in [-0.1, -0.05) is 31.5 Å². The van der Waals surface area contributed by atoms with Crippen molar-refractivity contribution in [2.24, 2.45) is 0 Å². The minimum absolute atomic E-state index is 0.116. The Kier molecular flexibility index (Phi) is 10.1. The van der Waals surface area contributed by atoms with Crippen molar-refractivity contribution in [1.82, 2.24) is 5.32 Å². The van der Waals surface area contributed by atoms with Gasteiger partial charge in [-0.05, 0) is 59.9 Å². The molecule has 2 aromatic carbocycles. The molecule has 2 amide bonds. The van der Waals surface area contributed by atoms with Gasteiger partial charge in [0.25, 0.3) is 0 Å². The maximum atomic E-state index is 12.9. The van der Waals surface area contributed by atoms with E-state index in [2.05, 4.69) is 12.2 Å². The molecule has 1 heterocycles. The number of ether oxygens (including phenoxy) is 3. The molecule has 0 saturated heterocycles. The fourth-order valence-corrected chi connectivity index (χ4v) is 3.87. The Morgan fingerprint density at radius 3 is 2.44 bits per heavy atom. The van der Waals surface area contributed by atoms with E-state index in [1.54, 1.807) is 11.0 Å². The van der Waals surface area contributed by atoms with Gasteiger partial charge in [-0.25, -0.2) is 4.79 Å². The minimum Gasteiger partial charge on any atom is -0.491 e. The van der Waals surface area contributed by atoms with Gasteiger partial charge in [0.2, 0.25) is 11.8 Å². The van der Waals surface area contributed by atoms with Gasteiger partial charge in [-0.3, -0.25) is 9.59 Å². The van der Waals surface area contributed by atoms with Gasteiger partial charge in [-0.15, -0.1) is 0 Å². The molecule has 0 unspecified atom stereocenters. The number of esters is 1. The monoisotopic (exact) mass is 494 g/mol. The van der Waals surface area contributed by atoms with Crippen LogP contribution < -0.4 is 15.0 Å². The summed E-state index contributed by atoms with van der Waals surface area (Å²) in [6, 6.07) is 13.5. The average Bonchev–Trinajstić information content (AvgIpc) is 3.08. The molecule has 0 radical (unpaired) electrons. The fourth-order valence-electron chi connectivity index (χ4n) is 3.87. The molecule has 0 fully saturated rings. The molecule has 0 atom stereocenters. The topological polar surface area (TPSA) is 94.2 Å². The molecule has 0 bridgehead atoms. The average molecular weight is 495 g/mol. The number of anilines is 1. The molecular weight excluding hydrogens is 460 g/mol. The highest BCUT2D eigenvalue weighted by molar-refractivity contribution is 6.02. The number of hydrogen-bond donors (Lipinski definition) is 1. The number of carbonyl (C=O) groups excluding carboxylic acids is 3. The van der Waals surface area contributed by atoms with Crippen LogP contribution in [0.2, 0.25) is 0 Å². The maximum absolute atomic E-state index is 12.9. The maximum Gasteiger partial charge on any atom is 0.333 e. The van der Waals surface area contributed by atoms with Crippen LogP contribution in [0.3, 0.4) is 0 Å². The zero-order chi connectivity index (χ0) is 25.9. The lowest BCUT2D eigenvalue weighted by Crippen LogP contribution is -2.40. The number of carbonyl (C=O) groups is 3. The van der Waals surface area contributed by atoms with Crippen LogP contribution in [-0.4, -0.2) is 57.8 Å². The standard InChI is InChI=1S/C28H34N2O6/c1-4-5-14-35-15-16-36-25-9-6-21(7-10-25)22-8-11-26-24(17-22)18-23(28(33)34-3)12-13-30(26)27(32)19-29-20(2)31/h6-11,17-18H,4-5,12-16,19H2,1-3H3,(H,29,31). The molecule has 0 aromatic heterocycles. The van der Waals surface area contributed by atoms with Gasteiger partial charge in [-0.2, -0.15) is 0 Å². The molecule has 8 nitrogen and oxygen atoms in total. The number of rotatable bonds is 11. The van der Waals surface area contributed by atoms with Crippen molar-refractivity contribution >= 4 is 29.5 Å².